The predicted molar refractivity (Wildman–Crippen MR) is 147 cm³/mol. The number of esters is 1. The molecule has 2 saturated heterocycles. The second-order valence-corrected chi connectivity index (χ2v) is 14.0. The van der Waals surface area contributed by atoms with Crippen LogP contribution in [0.1, 0.15) is 132 Å². The third-order valence-electron chi connectivity index (χ3n) is 9.22. The van der Waals surface area contributed by atoms with Crippen molar-refractivity contribution in [2.45, 2.75) is 167 Å². The third-order valence-corrected chi connectivity index (χ3v) is 9.22. The third kappa shape index (κ3) is 9.00. The number of hydrogen-bond acceptors (Lipinski definition) is 5. The Morgan fingerprint density at radius 2 is 1.00 bits per heavy atom. The number of likely N-dealkylation sites (tertiary alicyclic amines) is 2. The lowest BCUT2D eigenvalue weighted by Gasteiger charge is -2.53. The Morgan fingerprint density at radius 1 is 0.629 bits per heavy atom. The maximum Gasteiger partial charge on any atom is 0.306 e. The van der Waals surface area contributed by atoms with Gasteiger partial charge in [-0.15, -0.1) is 0 Å². The zero-order chi connectivity index (χ0) is 26.5. The molecule has 0 aromatic carbocycles. The maximum atomic E-state index is 12.4. The average Bonchev–Trinajstić information content (AvgIpc) is 2.70. The van der Waals surface area contributed by atoms with Crippen LogP contribution in [-0.2, 0) is 14.3 Å². The number of piperidine rings is 2. The standard InChI is InChI=1S/C30H58N2O3/c1-27(2)20-24(21-28(3,4)31(27)9)34-19-17-15-13-11-12-14-16-18-26(33)35-25-22-29(5,6)32(10)30(7,8)23-25/h24-25H,11-23H2,1-10H3. The molecular weight excluding hydrogens is 436 g/mol. The van der Waals surface area contributed by atoms with E-state index < -0.39 is 0 Å². The van der Waals surface area contributed by atoms with Crippen molar-refractivity contribution in [3.05, 3.63) is 0 Å². The first-order chi connectivity index (χ1) is 16.1. The lowest BCUT2D eigenvalue weighted by atomic mass is 9.78. The van der Waals surface area contributed by atoms with Crippen molar-refractivity contribution in [2.75, 3.05) is 20.7 Å². The maximum absolute atomic E-state index is 12.4. The summed E-state index contributed by atoms with van der Waals surface area (Å²) in [4.78, 5) is 17.3. The molecule has 0 aromatic heterocycles. The first-order valence-corrected chi connectivity index (χ1v) is 14.4. The first-order valence-electron chi connectivity index (χ1n) is 14.4. The Hall–Kier alpha value is -0.650. The van der Waals surface area contributed by atoms with E-state index >= 15 is 0 Å². The summed E-state index contributed by atoms with van der Waals surface area (Å²) < 4.78 is 12.2. The van der Waals surface area contributed by atoms with Crippen LogP contribution < -0.4 is 0 Å². The van der Waals surface area contributed by atoms with Gasteiger partial charge in [0, 0.05) is 48.0 Å². The van der Waals surface area contributed by atoms with Gasteiger partial charge in [-0.25, -0.2) is 0 Å². The van der Waals surface area contributed by atoms with Gasteiger partial charge < -0.3 is 9.47 Å². The van der Waals surface area contributed by atoms with E-state index in [1.54, 1.807) is 0 Å². The molecule has 5 heteroatoms. The first kappa shape index (κ1) is 30.6. The smallest absolute Gasteiger partial charge is 0.306 e. The highest BCUT2D eigenvalue weighted by atomic mass is 16.5. The van der Waals surface area contributed by atoms with Crippen molar-refractivity contribution in [1.82, 2.24) is 9.80 Å². The van der Waals surface area contributed by atoms with Gasteiger partial charge in [0.1, 0.15) is 6.10 Å². The molecule has 2 rings (SSSR count). The summed E-state index contributed by atoms with van der Waals surface area (Å²) in [6, 6.07) is 0. The van der Waals surface area contributed by atoms with Crippen molar-refractivity contribution in [2.24, 2.45) is 0 Å². The molecule has 5 nitrogen and oxygen atoms in total. The fourth-order valence-electron chi connectivity index (χ4n) is 6.51. The second-order valence-electron chi connectivity index (χ2n) is 14.0. The van der Waals surface area contributed by atoms with Crippen LogP contribution in [0.15, 0.2) is 0 Å². The van der Waals surface area contributed by atoms with E-state index in [1.165, 1.54) is 25.7 Å². The lowest BCUT2D eigenvalue weighted by molar-refractivity contribution is -0.159. The van der Waals surface area contributed by atoms with Crippen LogP contribution in [0.2, 0.25) is 0 Å². The van der Waals surface area contributed by atoms with Gasteiger partial charge in [-0.05, 0) is 95.2 Å². The largest absolute Gasteiger partial charge is 0.462 e. The SMILES string of the molecule is CN1C(C)(C)CC(OCCCCCCCCCC(=O)OC2CC(C)(C)N(C)C(C)(C)C2)CC1(C)C. The highest BCUT2D eigenvalue weighted by Crippen LogP contribution is 2.39. The highest BCUT2D eigenvalue weighted by Gasteiger charge is 2.45. The van der Waals surface area contributed by atoms with Gasteiger partial charge in [-0.3, -0.25) is 14.6 Å². The van der Waals surface area contributed by atoms with E-state index in [9.17, 15) is 4.79 Å². The molecule has 0 aromatic rings. The van der Waals surface area contributed by atoms with Crippen molar-refractivity contribution < 1.29 is 14.3 Å². The predicted octanol–water partition coefficient (Wildman–Crippen LogP) is 6.97. The van der Waals surface area contributed by atoms with Gasteiger partial charge in [-0.1, -0.05) is 32.1 Å². The van der Waals surface area contributed by atoms with Crippen LogP contribution in [0.3, 0.4) is 0 Å². The van der Waals surface area contributed by atoms with Crippen LogP contribution in [-0.4, -0.2) is 70.8 Å². The van der Waals surface area contributed by atoms with E-state index in [2.05, 4.69) is 79.3 Å². The molecule has 0 atom stereocenters. The second kappa shape index (κ2) is 12.3. The minimum Gasteiger partial charge on any atom is -0.462 e. The average molecular weight is 495 g/mol. The zero-order valence-electron chi connectivity index (χ0n) is 25.0. The highest BCUT2D eigenvalue weighted by molar-refractivity contribution is 5.69. The van der Waals surface area contributed by atoms with E-state index in [0.717, 1.165) is 51.6 Å². The van der Waals surface area contributed by atoms with Crippen LogP contribution in [0.5, 0.6) is 0 Å². The molecule has 2 aliphatic rings. The molecule has 0 spiro atoms. The van der Waals surface area contributed by atoms with Gasteiger partial charge in [0.25, 0.3) is 0 Å². The Balaban J connectivity index is 1.49. The molecule has 0 radical (unpaired) electrons. The number of rotatable bonds is 12. The van der Waals surface area contributed by atoms with Crippen molar-refractivity contribution in [3.8, 4) is 0 Å². The summed E-state index contributed by atoms with van der Waals surface area (Å²) in [7, 11) is 4.43. The van der Waals surface area contributed by atoms with Gasteiger partial charge in [0.2, 0.25) is 0 Å². The van der Waals surface area contributed by atoms with Crippen LogP contribution in [0.4, 0.5) is 0 Å². The molecule has 0 saturated carbocycles. The Labute approximate surface area is 217 Å². The summed E-state index contributed by atoms with van der Waals surface area (Å²) in [5.74, 6) is -0.0106. The Bertz CT molecular complexity index is 635. The quantitative estimate of drug-likeness (QED) is 0.216. The van der Waals surface area contributed by atoms with Crippen LogP contribution in [0.25, 0.3) is 0 Å². The van der Waals surface area contributed by atoms with E-state index in [4.69, 9.17) is 9.47 Å². The summed E-state index contributed by atoms with van der Waals surface area (Å²) in [6.45, 7) is 19.2. The summed E-state index contributed by atoms with van der Waals surface area (Å²) in [6.07, 6.45) is 13.2. The van der Waals surface area contributed by atoms with Crippen LogP contribution >= 0.6 is 0 Å². The molecule has 206 valence electrons. The number of unbranched alkanes of at least 4 members (excludes halogenated alkanes) is 6. The molecule has 2 aliphatic heterocycles. The van der Waals surface area contributed by atoms with Gasteiger partial charge >= 0.3 is 5.97 Å². The summed E-state index contributed by atoms with van der Waals surface area (Å²) in [5, 5.41) is 0. The van der Waals surface area contributed by atoms with E-state index in [-0.39, 0.29) is 34.2 Å². The molecule has 0 unspecified atom stereocenters. The topological polar surface area (TPSA) is 42.0 Å². The number of hydrogen-bond donors (Lipinski definition) is 0. The fourth-order valence-corrected chi connectivity index (χ4v) is 6.51. The Morgan fingerprint density at radius 3 is 1.46 bits per heavy atom. The molecular formula is C30H58N2O3. The fraction of sp³-hybridized carbons (Fsp3) is 0.967. The molecule has 0 N–H and O–H groups in total. The summed E-state index contributed by atoms with van der Waals surface area (Å²) >= 11 is 0. The normalized spacial score (nSPS) is 25.0. The van der Waals surface area contributed by atoms with Crippen LogP contribution in [0, 0.1) is 0 Å². The molecule has 0 aliphatic carbocycles. The lowest BCUT2D eigenvalue weighted by Crippen LogP contribution is -2.60. The molecule has 0 bridgehead atoms. The Kier molecular flexibility index (Phi) is 10.7. The minimum atomic E-state index is -0.0106. The minimum absolute atomic E-state index is 0.0106. The number of nitrogens with zero attached hydrogens (tertiary/aromatic N) is 2. The molecule has 35 heavy (non-hydrogen) atoms. The number of carbonyl (C=O) groups excluding carboxylic acids is 1. The number of ether oxygens (including phenoxy) is 2. The van der Waals surface area contributed by atoms with Crippen molar-refractivity contribution in [1.29, 1.82) is 0 Å². The van der Waals surface area contributed by atoms with Gasteiger partial charge in [0.15, 0.2) is 0 Å². The number of carbonyl (C=O) groups is 1. The molecule has 2 heterocycles. The van der Waals surface area contributed by atoms with E-state index in [1.807, 2.05) is 0 Å². The van der Waals surface area contributed by atoms with Crippen molar-refractivity contribution >= 4 is 5.97 Å². The zero-order valence-corrected chi connectivity index (χ0v) is 25.0. The summed E-state index contributed by atoms with van der Waals surface area (Å²) in [5.41, 5.74) is 0.494. The molecule has 2 fully saturated rings. The van der Waals surface area contributed by atoms with Gasteiger partial charge in [-0.2, -0.15) is 0 Å². The molecule has 0 amide bonds. The van der Waals surface area contributed by atoms with Gasteiger partial charge in [0.05, 0.1) is 6.10 Å². The van der Waals surface area contributed by atoms with E-state index in [0.29, 0.717) is 12.5 Å². The van der Waals surface area contributed by atoms with Crippen molar-refractivity contribution in [3.63, 3.8) is 0 Å². The monoisotopic (exact) mass is 494 g/mol.